The summed E-state index contributed by atoms with van der Waals surface area (Å²) in [5.74, 6) is 0.861. The van der Waals surface area contributed by atoms with E-state index < -0.39 is 0 Å². The van der Waals surface area contributed by atoms with Gasteiger partial charge >= 0.3 is 0 Å². The summed E-state index contributed by atoms with van der Waals surface area (Å²) >= 11 is 1.89. The summed E-state index contributed by atoms with van der Waals surface area (Å²) in [6.45, 7) is 9.06. The van der Waals surface area contributed by atoms with Crippen molar-refractivity contribution >= 4 is 11.3 Å². The van der Waals surface area contributed by atoms with Crippen molar-refractivity contribution in [1.29, 1.82) is 0 Å². The molecule has 98 valence electrons. The summed E-state index contributed by atoms with van der Waals surface area (Å²) < 4.78 is 0. The molecule has 0 aromatic carbocycles. The first-order valence-electron chi connectivity index (χ1n) is 7.07. The zero-order chi connectivity index (χ0) is 12.5. The van der Waals surface area contributed by atoms with Gasteiger partial charge in [-0.2, -0.15) is 0 Å². The third kappa shape index (κ3) is 5.22. The van der Waals surface area contributed by atoms with E-state index in [1.54, 1.807) is 0 Å². The average Bonchev–Trinajstić information content (AvgIpc) is 2.81. The number of hydrogen-bond acceptors (Lipinski definition) is 2. The van der Waals surface area contributed by atoms with E-state index in [2.05, 4.69) is 37.5 Å². The second kappa shape index (κ2) is 8.71. The van der Waals surface area contributed by atoms with Crippen LogP contribution in [0.15, 0.2) is 11.4 Å². The largest absolute Gasteiger partial charge is 0.312 e. The molecule has 0 fully saturated rings. The highest BCUT2D eigenvalue weighted by Crippen LogP contribution is 2.17. The highest BCUT2D eigenvalue weighted by Gasteiger charge is 2.06. The van der Waals surface area contributed by atoms with Crippen LogP contribution in [0.25, 0.3) is 0 Å². The molecule has 1 unspecified atom stereocenters. The summed E-state index contributed by atoms with van der Waals surface area (Å²) in [7, 11) is 0. The summed E-state index contributed by atoms with van der Waals surface area (Å²) in [5.41, 5.74) is 1.52. The summed E-state index contributed by atoms with van der Waals surface area (Å²) in [4.78, 5) is 1.53. The Labute approximate surface area is 111 Å². The molecule has 2 heteroatoms. The minimum atomic E-state index is 0.861. The van der Waals surface area contributed by atoms with Gasteiger partial charge in [-0.3, -0.25) is 0 Å². The first-order valence-corrected chi connectivity index (χ1v) is 7.95. The molecule has 0 amide bonds. The zero-order valence-electron chi connectivity index (χ0n) is 11.6. The van der Waals surface area contributed by atoms with Gasteiger partial charge in [0.2, 0.25) is 0 Å². The maximum absolute atomic E-state index is 3.63. The van der Waals surface area contributed by atoms with Crippen LogP contribution in [0, 0.1) is 5.92 Å². The third-order valence-corrected chi connectivity index (χ3v) is 4.44. The van der Waals surface area contributed by atoms with Crippen molar-refractivity contribution in [3.63, 3.8) is 0 Å². The van der Waals surface area contributed by atoms with Gasteiger partial charge in [-0.1, -0.05) is 40.0 Å². The van der Waals surface area contributed by atoms with Crippen LogP contribution >= 0.6 is 11.3 Å². The fourth-order valence-corrected chi connectivity index (χ4v) is 3.12. The number of aryl methyl sites for hydroxylation is 1. The Hall–Kier alpha value is -0.340. The lowest BCUT2D eigenvalue weighted by Gasteiger charge is -2.15. The van der Waals surface area contributed by atoms with Crippen molar-refractivity contribution in [2.24, 2.45) is 5.92 Å². The molecule has 1 N–H and O–H groups in total. The van der Waals surface area contributed by atoms with Crippen molar-refractivity contribution in [2.45, 2.75) is 59.4 Å². The molecule has 0 aliphatic heterocycles. The van der Waals surface area contributed by atoms with Crippen LogP contribution in [0.3, 0.4) is 0 Å². The molecule has 1 aromatic rings. The molecule has 0 aliphatic carbocycles. The molecule has 1 aromatic heterocycles. The van der Waals surface area contributed by atoms with Gasteiger partial charge in [-0.25, -0.2) is 0 Å². The molecular weight excluding hydrogens is 226 g/mol. The predicted molar refractivity (Wildman–Crippen MR) is 78.7 cm³/mol. The van der Waals surface area contributed by atoms with Gasteiger partial charge in [0.25, 0.3) is 0 Å². The van der Waals surface area contributed by atoms with Gasteiger partial charge in [-0.05, 0) is 42.3 Å². The van der Waals surface area contributed by atoms with Crippen LogP contribution in [-0.2, 0) is 13.0 Å². The van der Waals surface area contributed by atoms with E-state index in [0.29, 0.717) is 0 Å². The Kier molecular flexibility index (Phi) is 7.54. The minimum Gasteiger partial charge on any atom is -0.312 e. The van der Waals surface area contributed by atoms with Crippen LogP contribution in [-0.4, -0.2) is 6.54 Å². The van der Waals surface area contributed by atoms with Gasteiger partial charge in [0.15, 0.2) is 0 Å². The van der Waals surface area contributed by atoms with Crippen molar-refractivity contribution in [3.05, 3.63) is 21.9 Å². The lowest BCUT2D eigenvalue weighted by atomic mass is 9.99. The summed E-state index contributed by atoms with van der Waals surface area (Å²) in [5, 5.41) is 5.85. The molecule has 0 bridgehead atoms. The Morgan fingerprint density at radius 2 is 2.12 bits per heavy atom. The van der Waals surface area contributed by atoms with Gasteiger partial charge in [-0.15, -0.1) is 11.3 Å². The van der Waals surface area contributed by atoms with Gasteiger partial charge in [0.05, 0.1) is 0 Å². The van der Waals surface area contributed by atoms with Crippen LogP contribution in [0.2, 0.25) is 0 Å². The van der Waals surface area contributed by atoms with Crippen LogP contribution in [0.5, 0.6) is 0 Å². The smallest absolute Gasteiger partial charge is 0.0302 e. The lowest BCUT2D eigenvalue weighted by Crippen LogP contribution is -2.22. The van der Waals surface area contributed by atoms with E-state index in [1.165, 1.54) is 42.7 Å². The van der Waals surface area contributed by atoms with Crippen LogP contribution in [0.1, 0.15) is 56.9 Å². The Balaban J connectivity index is 2.26. The first-order chi connectivity index (χ1) is 8.31. The summed E-state index contributed by atoms with van der Waals surface area (Å²) in [6.07, 6.45) is 6.54. The molecule has 1 rings (SSSR count). The van der Waals surface area contributed by atoms with Crippen molar-refractivity contribution in [2.75, 3.05) is 6.54 Å². The fourth-order valence-electron chi connectivity index (χ4n) is 2.17. The van der Waals surface area contributed by atoms with Gasteiger partial charge in [0, 0.05) is 11.4 Å². The summed E-state index contributed by atoms with van der Waals surface area (Å²) in [6, 6.07) is 2.26. The Bertz CT molecular complexity index is 293. The Morgan fingerprint density at radius 1 is 1.29 bits per heavy atom. The normalized spacial score (nSPS) is 12.9. The Morgan fingerprint density at radius 3 is 2.76 bits per heavy atom. The highest BCUT2D eigenvalue weighted by atomic mass is 32.1. The van der Waals surface area contributed by atoms with Crippen LogP contribution < -0.4 is 5.32 Å². The van der Waals surface area contributed by atoms with E-state index in [9.17, 15) is 0 Å². The molecule has 0 saturated heterocycles. The predicted octanol–water partition coefficient (Wildman–Crippen LogP) is 4.62. The number of nitrogens with one attached hydrogen (secondary N) is 1. The molecule has 17 heavy (non-hydrogen) atoms. The number of hydrogen-bond donors (Lipinski definition) is 1. The number of unbranched alkanes of at least 4 members (excludes halogenated alkanes) is 1. The lowest BCUT2D eigenvalue weighted by molar-refractivity contribution is 0.420. The topological polar surface area (TPSA) is 12.0 Å². The molecule has 0 spiro atoms. The van der Waals surface area contributed by atoms with E-state index in [0.717, 1.165) is 18.9 Å². The minimum absolute atomic E-state index is 0.861. The quantitative estimate of drug-likeness (QED) is 0.677. The maximum atomic E-state index is 3.63. The third-order valence-electron chi connectivity index (χ3n) is 3.48. The van der Waals surface area contributed by atoms with Crippen LogP contribution in [0.4, 0.5) is 0 Å². The molecule has 1 heterocycles. The number of thiophene rings is 1. The number of rotatable bonds is 9. The molecule has 0 radical (unpaired) electrons. The second-order valence-corrected chi connectivity index (χ2v) is 5.77. The average molecular weight is 253 g/mol. The maximum Gasteiger partial charge on any atom is 0.0302 e. The molecular formula is C15H27NS. The van der Waals surface area contributed by atoms with E-state index in [-0.39, 0.29) is 0 Å². The van der Waals surface area contributed by atoms with E-state index in [1.807, 2.05) is 11.3 Å². The van der Waals surface area contributed by atoms with Gasteiger partial charge in [0.1, 0.15) is 0 Å². The molecule has 1 nitrogen and oxygen atoms in total. The fraction of sp³-hybridized carbons (Fsp3) is 0.733. The van der Waals surface area contributed by atoms with Crippen molar-refractivity contribution in [3.8, 4) is 0 Å². The van der Waals surface area contributed by atoms with Crippen molar-refractivity contribution in [1.82, 2.24) is 5.32 Å². The van der Waals surface area contributed by atoms with Gasteiger partial charge < -0.3 is 5.32 Å². The molecule has 0 saturated carbocycles. The monoisotopic (exact) mass is 253 g/mol. The molecule has 0 aliphatic rings. The van der Waals surface area contributed by atoms with Crippen molar-refractivity contribution < 1.29 is 0 Å². The van der Waals surface area contributed by atoms with E-state index in [4.69, 9.17) is 0 Å². The zero-order valence-corrected chi connectivity index (χ0v) is 12.4. The molecule has 1 atom stereocenters. The standard InChI is InChI=1S/C15H27NS/c1-4-7-8-13(5-2)11-16-12-15-14(6-3)9-10-17-15/h9-10,13,16H,4-8,11-12H2,1-3H3. The SMILES string of the molecule is CCCCC(CC)CNCc1sccc1CC. The highest BCUT2D eigenvalue weighted by molar-refractivity contribution is 7.10. The second-order valence-electron chi connectivity index (χ2n) is 4.77. The first kappa shape index (κ1) is 14.7. The van der Waals surface area contributed by atoms with E-state index >= 15 is 0 Å².